The number of hydrogen-bond donors (Lipinski definition) is 1. The first kappa shape index (κ1) is 25.7. The van der Waals surface area contributed by atoms with Crippen molar-refractivity contribution in [1.29, 1.82) is 0 Å². The van der Waals surface area contributed by atoms with Crippen molar-refractivity contribution in [3.8, 4) is 0 Å². The number of esters is 2. The van der Waals surface area contributed by atoms with E-state index in [9.17, 15) is 14.7 Å². The molecule has 4 rings (SSSR count). The van der Waals surface area contributed by atoms with Crippen molar-refractivity contribution in [2.45, 2.75) is 104 Å². The molecule has 0 aliphatic heterocycles. The normalized spacial score (nSPS) is 44.2. The summed E-state index contributed by atoms with van der Waals surface area (Å²) in [5, 5.41) is 11.7. The van der Waals surface area contributed by atoms with E-state index in [1.54, 1.807) is 6.92 Å². The molecule has 0 bridgehead atoms. The van der Waals surface area contributed by atoms with Gasteiger partial charge in [0.25, 0.3) is 0 Å². The van der Waals surface area contributed by atoms with Gasteiger partial charge in [0.05, 0.1) is 13.2 Å². The fourth-order valence-corrected chi connectivity index (χ4v) is 9.15. The van der Waals surface area contributed by atoms with E-state index in [1.165, 1.54) is 26.4 Å². The van der Waals surface area contributed by atoms with E-state index in [4.69, 9.17) is 9.47 Å². The molecular formula is C29H46O5. The monoisotopic (exact) mass is 474 g/mol. The number of rotatable bonds is 6. The van der Waals surface area contributed by atoms with E-state index >= 15 is 0 Å². The molecule has 0 aromatic carbocycles. The summed E-state index contributed by atoms with van der Waals surface area (Å²) in [6.07, 6.45) is 9.62. The van der Waals surface area contributed by atoms with Crippen LogP contribution in [0, 0.1) is 46.3 Å². The van der Waals surface area contributed by atoms with Gasteiger partial charge in [0.2, 0.25) is 0 Å². The Labute approximate surface area is 206 Å². The summed E-state index contributed by atoms with van der Waals surface area (Å²) in [6, 6.07) is 0. The Morgan fingerprint density at radius 2 is 1.82 bits per heavy atom. The van der Waals surface area contributed by atoms with Crippen LogP contribution >= 0.6 is 0 Å². The van der Waals surface area contributed by atoms with Gasteiger partial charge in [-0.25, -0.2) is 4.79 Å². The predicted octanol–water partition coefficient (Wildman–Crippen LogP) is 5.69. The molecule has 0 saturated heterocycles. The number of carbonyl (C=O) groups excluding carboxylic acids is 2. The first-order chi connectivity index (χ1) is 16.0. The Morgan fingerprint density at radius 3 is 2.50 bits per heavy atom. The lowest BCUT2D eigenvalue weighted by Crippen LogP contribution is -2.59. The standard InChI is InChI=1S/C29H46O5/c1-17(2)27(32)34-20-13-14-28(4)19(15-20)8-9-21-23-11-10-22(18(3)7-12-26(31)33-6)29(23,5)25(30)16-24(21)28/h18-25,30H,1,7-16H2,2-6H3/t18-,19-,20-,21+,22-,23+,24+,25+,28+,29-/m1/s1. The maximum atomic E-state index is 12.1. The van der Waals surface area contributed by atoms with Crippen LogP contribution in [0.4, 0.5) is 0 Å². The topological polar surface area (TPSA) is 72.8 Å². The van der Waals surface area contributed by atoms with Crippen LogP contribution in [0.25, 0.3) is 0 Å². The highest BCUT2D eigenvalue weighted by molar-refractivity contribution is 5.87. The van der Waals surface area contributed by atoms with Crippen molar-refractivity contribution < 1.29 is 24.2 Å². The molecule has 0 radical (unpaired) electrons. The molecular weight excluding hydrogens is 428 g/mol. The molecule has 0 spiro atoms. The molecule has 4 saturated carbocycles. The van der Waals surface area contributed by atoms with Crippen LogP contribution in [0.5, 0.6) is 0 Å². The molecule has 10 atom stereocenters. The van der Waals surface area contributed by atoms with E-state index in [-0.39, 0.29) is 35.0 Å². The predicted molar refractivity (Wildman–Crippen MR) is 132 cm³/mol. The lowest BCUT2D eigenvalue weighted by atomic mass is 9.43. The van der Waals surface area contributed by atoms with E-state index in [2.05, 4.69) is 27.4 Å². The fourth-order valence-electron chi connectivity index (χ4n) is 9.15. The third-order valence-corrected chi connectivity index (χ3v) is 11.1. The number of hydrogen-bond acceptors (Lipinski definition) is 5. The second kappa shape index (κ2) is 9.59. The Hall–Kier alpha value is -1.36. The highest BCUT2D eigenvalue weighted by atomic mass is 16.5. The zero-order chi connectivity index (χ0) is 24.8. The number of aliphatic hydroxyl groups excluding tert-OH is 1. The highest BCUT2D eigenvalue weighted by Gasteiger charge is 2.63. The minimum atomic E-state index is -0.290. The SMILES string of the molecule is C=C(C)C(=O)O[C@@H]1CC[C@@]2(C)[C@H](CC[C@@H]3[C@@H]2C[C@H](O)[C@]2(C)[C@@H]([C@H](C)CCC(=O)OC)CC[C@@H]32)C1. The Kier molecular flexibility index (Phi) is 7.26. The maximum Gasteiger partial charge on any atom is 0.333 e. The maximum absolute atomic E-state index is 12.1. The average Bonchev–Trinajstić information content (AvgIpc) is 3.16. The lowest BCUT2D eigenvalue weighted by molar-refractivity contribution is -0.180. The summed E-state index contributed by atoms with van der Waals surface area (Å²) in [5.74, 6) is 2.80. The van der Waals surface area contributed by atoms with Gasteiger partial charge >= 0.3 is 11.9 Å². The number of carbonyl (C=O) groups is 2. The first-order valence-corrected chi connectivity index (χ1v) is 13.6. The van der Waals surface area contributed by atoms with E-state index in [1.807, 2.05) is 0 Å². The van der Waals surface area contributed by atoms with Crippen LogP contribution in [-0.4, -0.2) is 36.4 Å². The van der Waals surface area contributed by atoms with Gasteiger partial charge < -0.3 is 14.6 Å². The third-order valence-electron chi connectivity index (χ3n) is 11.1. The zero-order valence-corrected chi connectivity index (χ0v) is 22.0. The zero-order valence-electron chi connectivity index (χ0n) is 22.0. The van der Waals surface area contributed by atoms with Crippen molar-refractivity contribution in [2.24, 2.45) is 46.3 Å². The van der Waals surface area contributed by atoms with Gasteiger partial charge in [0.15, 0.2) is 0 Å². The van der Waals surface area contributed by atoms with Crippen molar-refractivity contribution in [2.75, 3.05) is 7.11 Å². The van der Waals surface area contributed by atoms with Gasteiger partial charge in [0.1, 0.15) is 6.10 Å². The Bertz CT molecular complexity index is 806. The van der Waals surface area contributed by atoms with E-state index in [0.29, 0.717) is 47.5 Å². The van der Waals surface area contributed by atoms with E-state index in [0.717, 1.165) is 38.5 Å². The molecule has 0 heterocycles. The molecule has 1 N–H and O–H groups in total. The lowest BCUT2D eigenvalue weighted by Gasteiger charge is -2.62. The third kappa shape index (κ3) is 4.24. The van der Waals surface area contributed by atoms with Crippen molar-refractivity contribution in [3.63, 3.8) is 0 Å². The minimum Gasteiger partial charge on any atom is -0.469 e. The van der Waals surface area contributed by atoms with Crippen LogP contribution in [0.1, 0.15) is 91.9 Å². The summed E-state index contributed by atoms with van der Waals surface area (Å²) in [6.45, 7) is 12.5. The smallest absolute Gasteiger partial charge is 0.333 e. The van der Waals surface area contributed by atoms with Crippen molar-refractivity contribution in [1.82, 2.24) is 0 Å². The van der Waals surface area contributed by atoms with Gasteiger partial charge in [-0.2, -0.15) is 0 Å². The molecule has 34 heavy (non-hydrogen) atoms. The summed E-state index contributed by atoms with van der Waals surface area (Å²) in [4.78, 5) is 23.8. The Morgan fingerprint density at radius 1 is 1.09 bits per heavy atom. The molecule has 4 fully saturated rings. The van der Waals surface area contributed by atoms with Crippen molar-refractivity contribution >= 4 is 11.9 Å². The molecule has 0 unspecified atom stereocenters. The largest absolute Gasteiger partial charge is 0.469 e. The summed E-state index contributed by atoms with van der Waals surface area (Å²) >= 11 is 0. The van der Waals surface area contributed by atoms with Crippen molar-refractivity contribution in [3.05, 3.63) is 12.2 Å². The Balaban J connectivity index is 1.47. The number of ether oxygens (including phenoxy) is 2. The van der Waals surface area contributed by atoms with E-state index < -0.39 is 0 Å². The summed E-state index contributed by atoms with van der Waals surface area (Å²) in [5.41, 5.74) is 0.628. The molecule has 192 valence electrons. The molecule has 0 aromatic rings. The van der Waals surface area contributed by atoms with Crippen LogP contribution < -0.4 is 0 Å². The van der Waals surface area contributed by atoms with Gasteiger partial charge in [-0.3, -0.25) is 4.79 Å². The number of methoxy groups -OCH3 is 1. The first-order valence-electron chi connectivity index (χ1n) is 13.6. The van der Waals surface area contributed by atoms with Gasteiger partial charge in [-0.15, -0.1) is 0 Å². The number of fused-ring (bicyclic) bond motifs is 5. The highest BCUT2D eigenvalue weighted by Crippen LogP contribution is 2.68. The minimum absolute atomic E-state index is 0.00382. The molecule has 4 aliphatic carbocycles. The molecule has 4 aliphatic rings. The number of aliphatic hydroxyl groups is 1. The second-order valence-electron chi connectivity index (χ2n) is 12.6. The van der Waals surface area contributed by atoms with Crippen LogP contribution in [0.2, 0.25) is 0 Å². The van der Waals surface area contributed by atoms with Gasteiger partial charge in [-0.1, -0.05) is 27.4 Å². The summed E-state index contributed by atoms with van der Waals surface area (Å²) in [7, 11) is 1.46. The average molecular weight is 475 g/mol. The van der Waals surface area contributed by atoms with Gasteiger partial charge in [-0.05, 0) is 111 Å². The second-order valence-corrected chi connectivity index (χ2v) is 12.6. The molecule has 0 aromatic heterocycles. The van der Waals surface area contributed by atoms with Crippen LogP contribution in [0.15, 0.2) is 12.2 Å². The summed E-state index contributed by atoms with van der Waals surface area (Å²) < 4.78 is 10.6. The molecule has 5 nitrogen and oxygen atoms in total. The fraction of sp³-hybridized carbons (Fsp3) is 0.862. The van der Waals surface area contributed by atoms with Crippen LogP contribution in [-0.2, 0) is 19.1 Å². The quantitative estimate of drug-likeness (QED) is 0.395. The van der Waals surface area contributed by atoms with Crippen LogP contribution in [0.3, 0.4) is 0 Å². The van der Waals surface area contributed by atoms with Gasteiger partial charge in [0, 0.05) is 12.0 Å². The molecule has 5 heteroatoms. The molecule has 0 amide bonds.